The second-order valence-electron chi connectivity index (χ2n) is 8.58. The number of ether oxygens (including phenoxy) is 2. The second kappa shape index (κ2) is 15.1. The monoisotopic (exact) mass is 404 g/mol. The standard InChI is InChI=1S/C25H40O4/c1-20(2)12-11-19-28-24(26)13-9-7-5-6-8-10-14-25(27)29-23-17-15-22(16-18-23)21(3)4/h15-18,20-21H,5-14,19H2,1-4H3. The fraction of sp³-hybridized carbons (Fsp3) is 0.680. The maximum atomic E-state index is 11.9. The molecule has 0 saturated carbocycles. The summed E-state index contributed by atoms with van der Waals surface area (Å²) >= 11 is 0. The van der Waals surface area contributed by atoms with E-state index in [1.165, 1.54) is 5.56 Å². The molecule has 0 aliphatic carbocycles. The number of hydrogen-bond donors (Lipinski definition) is 0. The molecule has 4 heteroatoms. The summed E-state index contributed by atoms with van der Waals surface area (Å²) in [5.74, 6) is 1.52. The van der Waals surface area contributed by atoms with E-state index in [9.17, 15) is 9.59 Å². The van der Waals surface area contributed by atoms with Gasteiger partial charge in [-0.2, -0.15) is 0 Å². The average Bonchev–Trinajstić information content (AvgIpc) is 2.67. The van der Waals surface area contributed by atoms with E-state index in [-0.39, 0.29) is 11.9 Å². The van der Waals surface area contributed by atoms with Gasteiger partial charge in [-0.1, -0.05) is 65.5 Å². The van der Waals surface area contributed by atoms with Crippen molar-refractivity contribution in [3.05, 3.63) is 29.8 Å². The van der Waals surface area contributed by atoms with E-state index in [1.807, 2.05) is 24.3 Å². The van der Waals surface area contributed by atoms with Crippen molar-refractivity contribution in [1.29, 1.82) is 0 Å². The Morgan fingerprint density at radius 2 is 1.31 bits per heavy atom. The van der Waals surface area contributed by atoms with Crippen LogP contribution in [0, 0.1) is 5.92 Å². The molecule has 1 aromatic carbocycles. The van der Waals surface area contributed by atoms with E-state index in [2.05, 4.69) is 27.7 Å². The molecule has 29 heavy (non-hydrogen) atoms. The van der Waals surface area contributed by atoms with Gasteiger partial charge in [0.1, 0.15) is 5.75 Å². The molecule has 0 fully saturated rings. The van der Waals surface area contributed by atoms with Crippen molar-refractivity contribution >= 4 is 11.9 Å². The summed E-state index contributed by atoms with van der Waals surface area (Å²) in [5, 5.41) is 0. The lowest BCUT2D eigenvalue weighted by Crippen LogP contribution is -2.07. The minimum atomic E-state index is -0.164. The first-order valence-corrected chi connectivity index (χ1v) is 11.3. The summed E-state index contributed by atoms with van der Waals surface area (Å²) in [5.41, 5.74) is 1.24. The molecule has 0 saturated heterocycles. The summed E-state index contributed by atoms with van der Waals surface area (Å²) in [6.45, 7) is 9.19. The van der Waals surface area contributed by atoms with Crippen LogP contribution in [0.1, 0.15) is 103 Å². The molecule has 164 valence electrons. The highest BCUT2D eigenvalue weighted by Crippen LogP contribution is 2.19. The van der Waals surface area contributed by atoms with Crippen LogP contribution < -0.4 is 4.74 Å². The fourth-order valence-electron chi connectivity index (χ4n) is 3.10. The van der Waals surface area contributed by atoms with Gasteiger partial charge in [0.25, 0.3) is 0 Å². The van der Waals surface area contributed by atoms with Crippen molar-refractivity contribution in [3.8, 4) is 5.75 Å². The Bertz CT molecular complexity index is 575. The fourth-order valence-corrected chi connectivity index (χ4v) is 3.10. The van der Waals surface area contributed by atoms with Crippen LogP contribution in [0.15, 0.2) is 24.3 Å². The van der Waals surface area contributed by atoms with Crippen LogP contribution in [0.4, 0.5) is 0 Å². The first-order chi connectivity index (χ1) is 13.9. The van der Waals surface area contributed by atoms with E-state index in [4.69, 9.17) is 9.47 Å². The molecule has 0 bridgehead atoms. The predicted octanol–water partition coefficient (Wildman–Crippen LogP) is 6.82. The molecular formula is C25H40O4. The molecule has 4 nitrogen and oxygen atoms in total. The maximum Gasteiger partial charge on any atom is 0.311 e. The highest BCUT2D eigenvalue weighted by atomic mass is 16.5. The molecule has 0 unspecified atom stereocenters. The predicted molar refractivity (Wildman–Crippen MR) is 118 cm³/mol. The summed E-state index contributed by atoms with van der Waals surface area (Å²) in [6, 6.07) is 7.74. The lowest BCUT2D eigenvalue weighted by atomic mass is 10.0. The average molecular weight is 405 g/mol. The lowest BCUT2D eigenvalue weighted by molar-refractivity contribution is -0.144. The third kappa shape index (κ3) is 13.1. The van der Waals surface area contributed by atoms with Crippen molar-refractivity contribution in [1.82, 2.24) is 0 Å². The number of carbonyl (C=O) groups excluding carboxylic acids is 2. The molecule has 0 aromatic heterocycles. The largest absolute Gasteiger partial charge is 0.466 e. The van der Waals surface area contributed by atoms with E-state index in [0.29, 0.717) is 37.0 Å². The first-order valence-electron chi connectivity index (χ1n) is 11.3. The topological polar surface area (TPSA) is 52.6 Å². The molecule has 1 aromatic rings. The Kier molecular flexibility index (Phi) is 13.1. The summed E-state index contributed by atoms with van der Waals surface area (Å²) in [6.07, 6.45) is 8.98. The van der Waals surface area contributed by atoms with Gasteiger partial charge in [-0.25, -0.2) is 0 Å². The van der Waals surface area contributed by atoms with Gasteiger partial charge in [-0.05, 0) is 55.2 Å². The lowest BCUT2D eigenvalue weighted by Gasteiger charge is -2.08. The molecular weight excluding hydrogens is 364 g/mol. The third-order valence-corrected chi connectivity index (χ3v) is 4.98. The van der Waals surface area contributed by atoms with Crippen LogP contribution in [0.5, 0.6) is 5.75 Å². The minimum Gasteiger partial charge on any atom is -0.466 e. The van der Waals surface area contributed by atoms with E-state index in [1.54, 1.807) is 0 Å². The molecule has 0 radical (unpaired) electrons. The van der Waals surface area contributed by atoms with Gasteiger partial charge < -0.3 is 9.47 Å². The summed E-state index contributed by atoms with van der Waals surface area (Å²) in [7, 11) is 0. The normalized spacial score (nSPS) is 11.1. The smallest absolute Gasteiger partial charge is 0.311 e. The number of hydrogen-bond acceptors (Lipinski definition) is 4. The quantitative estimate of drug-likeness (QED) is 0.183. The second-order valence-corrected chi connectivity index (χ2v) is 8.58. The highest BCUT2D eigenvalue weighted by Gasteiger charge is 2.06. The number of rotatable bonds is 15. The molecule has 0 atom stereocenters. The van der Waals surface area contributed by atoms with Gasteiger partial charge in [0, 0.05) is 12.8 Å². The van der Waals surface area contributed by atoms with Crippen LogP contribution >= 0.6 is 0 Å². The zero-order valence-corrected chi connectivity index (χ0v) is 18.9. The molecule has 0 amide bonds. The Balaban J connectivity index is 1.97. The molecule has 0 aliphatic heterocycles. The third-order valence-electron chi connectivity index (χ3n) is 4.98. The number of esters is 2. The Morgan fingerprint density at radius 1 is 0.759 bits per heavy atom. The molecule has 0 heterocycles. The van der Waals surface area contributed by atoms with Crippen LogP contribution in [-0.2, 0) is 14.3 Å². The zero-order chi connectivity index (χ0) is 21.5. The Morgan fingerprint density at radius 3 is 1.86 bits per heavy atom. The SMILES string of the molecule is CC(C)CCCOC(=O)CCCCCCCCC(=O)Oc1ccc(C(C)C)cc1. The van der Waals surface area contributed by atoms with Gasteiger partial charge in [-0.3, -0.25) is 9.59 Å². The van der Waals surface area contributed by atoms with Crippen molar-refractivity contribution < 1.29 is 19.1 Å². The number of benzene rings is 1. The van der Waals surface area contributed by atoms with Crippen molar-refractivity contribution in [2.75, 3.05) is 6.61 Å². The van der Waals surface area contributed by atoms with Crippen LogP contribution in [0.3, 0.4) is 0 Å². The van der Waals surface area contributed by atoms with Crippen molar-refractivity contribution in [3.63, 3.8) is 0 Å². The van der Waals surface area contributed by atoms with Gasteiger partial charge >= 0.3 is 11.9 Å². The highest BCUT2D eigenvalue weighted by molar-refractivity contribution is 5.72. The Hall–Kier alpha value is -1.84. The van der Waals surface area contributed by atoms with Crippen molar-refractivity contribution in [2.24, 2.45) is 5.92 Å². The number of unbranched alkanes of at least 4 members (excludes halogenated alkanes) is 5. The first kappa shape index (κ1) is 25.2. The zero-order valence-electron chi connectivity index (χ0n) is 18.9. The van der Waals surface area contributed by atoms with E-state index >= 15 is 0 Å². The molecule has 0 N–H and O–H groups in total. The van der Waals surface area contributed by atoms with E-state index < -0.39 is 0 Å². The number of carbonyl (C=O) groups is 2. The van der Waals surface area contributed by atoms with Crippen LogP contribution in [0.2, 0.25) is 0 Å². The molecule has 0 spiro atoms. The molecule has 0 aliphatic rings. The van der Waals surface area contributed by atoms with Crippen LogP contribution in [0.25, 0.3) is 0 Å². The maximum absolute atomic E-state index is 11.9. The van der Waals surface area contributed by atoms with E-state index in [0.717, 1.165) is 51.4 Å². The minimum absolute atomic E-state index is 0.0714. The summed E-state index contributed by atoms with van der Waals surface area (Å²) < 4.78 is 10.6. The van der Waals surface area contributed by atoms with Gasteiger partial charge in [0.05, 0.1) is 6.61 Å². The van der Waals surface area contributed by atoms with Gasteiger partial charge in [0.2, 0.25) is 0 Å². The summed E-state index contributed by atoms with van der Waals surface area (Å²) in [4.78, 5) is 23.5. The Labute approximate surface area is 177 Å². The molecule has 1 rings (SSSR count). The van der Waals surface area contributed by atoms with Gasteiger partial charge in [0.15, 0.2) is 0 Å². The van der Waals surface area contributed by atoms with Crippen LogP contribution in [-0.4, -0.2) is 18.5 Å². The van der Waals surface area contributed by atoms with Crippen molar-refractivity contribution in [2.45, 2.75) is 97.8 Å². The van der Waals surface area contributed by atoms with Gasteiger partial charge in [-0.15, -0.1) is 0 Å².